The summed E-state index contributed by atoms with van der Waals surface area (Å²) in [6.45, 7) is 3.84. The standard InChI is InChI=1S/C16H17BrClN3.ClH/c17-14-2-1-13(15(18)9-14)11-21-8-7-20-10-16(21)12-3-5-19-6-4-12;/h1-6,9,16,20H,7-8,10-11H2;1H. The van der Waals surface area contributed by atoms with Crippen LogP contribution in [0.3, 0.4) is 0 Å². The van der Waals surface area contributed by atoms with E-state index in [-0.39, 0.29) is 12.4 Å². The normalized spacial score (nSPS) is 18.7. The summed E-state index contributed by atoms with van der Waals surface area (Å²) in [7, 11) is 0. The van der Waals surface area contributed by atoms with E-state index in [4.69, 9.17) is 11.6 Å². The first-order chi connectivity index (χ1) is 10.2. The number of benzene rings is 1. The molecule has 3 rings (SSSR count). The highest BCUT2D eigenvalue weighted by atomic mass is 79.9. The zero-order valence-corrected chi connectivity index (χ0v) is 15.2. The predicted octanol–water partition coefficient (Wildman–Crippen LogP) is 4.07. The highest BCUT2D eigenvalue weighted by Gasteiger charge is 2.24. The maximum absolute atomic E-state index is 6.36. The van der Waals surface area contributed by atoms with Crippen LogP contribution >= 0.6 is 39.9 Å². The van der Waals surface area contributed by atoms with Crippen LogP contribution < -0.4 is 5.32 Å². The number of nitrogens with one attached hydrogen (secondary N) is 1. The molecule has 0 aliphatic carbocycles. The summed E-state index contributed by atoms with van der Waals surface area (Å²) in [6.07, 6.45) is 3.71. The highest BCUT2D eigenvalue weighted by Crippen LogP contribution is 2.27. The lowest BCUT2D eigenvalue weighted by Crippen LogP contribution is -2.45. The lowest BCUT2D eigenvalue weighted by atomic mass is 10.0. The minimum atomic E-state index is 0. The van der Waals surface area contributed by atoms with Crippen LogP contribution in [0, 0.1) is 0 Å². The Balaban J connectivity index is 0.00000176. The average Bonchev–Trinajstić information content (AvgIpc) is 2.51. The molecule has 3 nitrogen and oxygen atoms in total. The summed E-state index contributed by atoms with van der Waals surface area (Å²) in [5, 5.41) is 4.29. The molecule has 1 N–H and O–H groups in total. The third kappa shape index (κ3) is 4.21. The maximum Gasteiger partial charge on any atom is 0.0477 e. The van der Waals surface area contributed by atoms with E-state index >= 15 is 0 Å². The molecule has 1 aliphatic heterocycles. The van der Waals surface area contributed by atoms with Crippen molar-refractivity contribution in [3.8, 4) is 0 Å². The molecule has 1 aromatic heterocycles. The summed E-state index contributed by atoms with van der Waals surface area (Å²) in [4.78, 5) is 6.58. The summed E-state index contributed by atoms with van der Waals surface area (Å²) in [5.41, 5.74) is 2.46. The summed E-state index contributed by atoms with van der Waals surface area (Å²) < 4.78 is 1.02. The van der Waals surface area contributed by atoms with Gasteiger partial charge in [0.2, 0.25) is 0 Å². The van der Waals surface area contributed by atoms with Crippen molar-refractivity contribution in [2.45, 2.75) is 12.6 Å². The first kappa shape index (κ1) is 17.7. The largest absolute Gasteiger partial charge is 0.314 e. The van der Waals surface area contributed by atoms with Crippen molar-refractivity contribution in [2.24, 2.45) is 0 Å². The average molecular weight is 403 g/mol. The molecule has 0 bridgehead atoms. The van der Waals surface area contributed by atoms with Crippen molar-refractivity contribution in [3.05, 3.63) is 63.3 Å². The zero-order valence-electron chi connectivity index (χ0n) is 12.0. The topological polar surface area (TPSA) is 28.2 Å². The van der Waals surface area contributed by atoms with Crippen molar-refractivity contribution in [2.75, 3.05) is 19.6 Å². The monoisotopic (exact) mass is 401 g/mol. The van der Waals surface area contributed by atoms with Crippen molar-refractivity contribution in [3.63, 3.8) is 0 Å². The fraction of sp³-hybridized carbons (Fsp3) is 0.312. The van der Waals surface area contributed by atoms with Gasteiger partial charge in [0.15, 0.2) is 0 Å². The Bertz CT molecular complexity index is 610. The summed E-state index contributed by atoms with van der Waals surface area (Å²) in [5.74, 6) is 0. The van der Waals surface area contributed by atoms with E-state index in [1.54, 1.807) is 0 Å². The van der Waals surface area contributed by atoms with Gasteiger partial charge in [0.05, 0.1) is 0 Å². The van der Waals surface area contributed by atoms with Crippen LogP contribution in [-0.2, 0) is 6.54 Å². The molecule has 1 fully saturated rings. The molecule has 22 heavy (non-hydrogen) atoms. The molecule has 2 heterocycles. The van der Waals surface area contributed by atoms with Crippen LogP contribution in [0.25, 0.3) is 0 Å². The van der Waals surface area contributed by atoms with Crippen molar-refractivity contribution in [1.82, 2.24) is 15.2 Å². The molecule has 1 unspecified atom stereocenters. The fourth-order valence-electron chi connectivity index (χ4n) is 2.72. The molecule has 2 aromatic rings. The Morgan fingerprint density at radius 1 is 1.27 bits per heavy atom. The summed E-state index contributed by atoms with van der Waals surface area (Å²) in [6, 6.07) is 10.6. The van der Waals surface area contributed by atoms with Gasteiger partial charge < -0.3 is 5.32 Å². The Morgan fingerprint density at radius 3 is 2.77 bits per heavy atom. The second kappa shape index (κ2) is 8.27. The quantitative estimate of drug-likeness (QED) is 0.838. The van der Waals surface area contributed by atoms with Gasteiger partial charge in [-0.25, -0.2) is 0 Å². The predicted molar refractivity (Wildman–Crippen MR) is 96.7 cm³/mol. The van der Waals surface area contributed by atoms with Crippen LogP contribution in [-0.4, -0.2) is 29.5 Å². The third-order valence-corrected chi connectivity index (χ3v) is 4.68. The molecule has 0 radical (unpaired) electrons. The van der Waals surface area contributed by atoms with Gasteiger partial charge in [-0.1, -0.05) is 33.6 Å². The number of aromatic nitrogens is 1. The van der Waals surface area contributed by atoms with Crippen molar-refractivity contribution < 1.29 is 0 Å². The Hall–Kier alpha value is -0.650. The Morgan fingerprint density at radius 2 is 2.05 bits per heavy atom. The zero-order chi connectivity index (χ0) is 14.7. The fourth-order valence-corrected chi connectivity index (χ4v) is 3.45. The number of pyridine rings is 1. The first-order valence-corrected chi connectivity index (χ1v) is 8.20. The van der Waals surface area contributed by atoms with E-state index in [2.05, 4.69) is 49.3 Å². The molecule has 118 valence electrons. The summed E-state index contributed by atoms with van der Waals surface area (Å²) >= 11 is 9.82. The number of hydrogen-bond donors (Lipinski definition) is 1. The van der Waals surface area contributed by atoms with E-state index in [0.717, 1.165) is 35.7 Å². The van der Waals surface area contributed by atoms with Gasteiger partial charge in [-0.05, 0) is 35.4 Å². The van der Waals surface area contributed by atoms with Gasteiger partial charge in [0.1, 0.15) is 0 Å². The number of hydrogen-bond acceptors (Lipinski definition) is 3. The minimum Gasteiger partial charge on any atom is -0.314 e. The Kier molecular flexibility index (Phi) is 6.66. The second-order valence-electron chi connectivity index (χ2n) is 5.21. The van der Waals surface area contributed by atoms with Gasteiger partial charge in [-0.2, -0.15) is 0 Å². The SMILES string of the molecule is Cl.Clc1cc(Br)ccc1CN1CCNCC1c1ccncc1. The molecular weight excluding hydrogens is 385 g/mol. The molecular formula is C16H18BrCl2N3. The number of piperazine rings is 1. The minimum absolute atomic E-state index is 0. The first-order valence-electron chi connectivity index (χ1n) is 7.02. The van der Waals surface area contributed by atoms with E-state index in [1.807, 2.05) is 24.5 Å². The van der Waals surface area contributed by atoms with Crippen molar-refractivity contribution in [1.29, 1.82) is 0 Å². The van der Waals surface area contributed by atoms with Crippen LogP contribution in [0.2, 0.25) is 5.02 Å². The van der Waals surface area contributed by atoms with Crippen LogP contribution in [0.5, 0.6) is 0 Å². The lowest BCUT2D eigenvalue weighted by Gasteiger charge is -2.36. The Labute approximate surface area is 150 Å². The number of halogens is 3. The molecule has 6 heteroatoms. The van der Waals surface area contributed by atoms with Crippen LogP contribution in [0.1, 0.15) is 17.2 Å². The molecule has 0 saturated carbocycles. The van der Waals surface area contributed by atoms with E-state index < -0.39 is 0 Å². The van der Waals surface area contributed by atoms with Gasteiger partial charge in [-0.15, -0.1) is 12.4 Å². The van der Waals surface area contributed by atoms with Crippen LogP contribution in [0.4, 0.5) is 0 Å². The molecule has 0 spiro atoms. The smallest absolute Gasteiger partial charge is 0.0477 e. The second-order valence-corrected chi connectivity index (χ2v) is 6.53. The third-order valence-electron chi connectivity index (χ3n) is 3.83. The van der Waals surface area contributed by atoms with E-state index in [9.17, 15) is 0 Å². The maximum atomic E-state index is 6.36. The lowest BCUT2D eigenvalue weighted by molar-refractivity contribution is 0.153. The van der Waals surface area contributed by atoms with Gasteiger partial charge >= 0.3 is 0 Å². The molecule has 0 amide bonds. The number of rotatable bonds is 3. The molecule has 1 saturated heterocycles. The van der Waals surface area contributed by atoms with Crippen molar-refractivity contribution >= 4 is 39.9 Å². The van der Waals surface area contributed by atoms with E-state index in [1.165, 1.54) is 11.1 Å². The molecule has 1 aromatic carbocycles. The van der Waals surface area contributed by atoms with Crippen LogP contribution in [0.15, 0.2) is 47.2 Å². The van der Waals surface area contributed by atoms with Gasteiger partial charge in [0.25, 0.3) is 0 Å². The van der Waals surface area contributed by atoms with E-state index in [0.29, 0.717) is 6.04 Å². The number of nitrogens with zero attached hydrogens (tertiary/aromatic N) is 2. The van der Waals surface area contributed by atoms with Gasteiger partial charge in [0, 0.05) is 54.1 Å². The molecule has 1 atom stereocenters. The van der Waals surface area contributed by atoms with Gasteiger partial charge in [-0.3, -0.25) is 9.88 Å². The highest BCUT2D eigenvalue weighted by molar-refractivity contribution is 9.10. The molecule has 1 aliphatic rings.